The summed E-state index contributed by atoms with van der Waals surface area (Å²) in [5.41, 5.74) is 2.99. The molecule has 5 nitrogen and oxygen atoms in total. The van der Waals surface area contributed by atoms with E-state index in [1.807, 2.05) is 65.4 Å². The Morgan fingerprint density at radius 2 is 2.00 bits per heavy atom. The number of thiazole rings is 1. The lowest BCUT2D eigenvalue weighted by molar-refractivity contribution is 0.289. The fourth-order valence-electron chi connectivity index (χ4n) is 2.98. The van der Waals surface area contributed by atoms with Crippen LogP contribution in [0.3, 0.4) is 0 Å². The number of allylic oxidation sites excluding steroid dienone is 1. The van der Waals surface area contributed by atoms with E-state index in [2.05, 4.69) is 16.8 Å². The van der Waals surface area contributed by atoms with Gasteiger partial charge in [-0.3, -0.25) is 4.57 Å². The first-order chi connectivity index (χ1) is 15.5. The molecule has 4 aromatic rings. The van der Waals surface area contributed by atoms with Crippen LogP contribution in [0.25, 0.3) is 10.6 Å². The standard InChI is InChI=1S/C23H20Cl2N4OS2/c1-3-10-29-21(12-30-20-11-15(2)8-9-19(20)25)27-28-23(29)32-14-16-13-31-22(26-16)17-6-4-5-7-18(17)24/h3-9,11,13H,1,10,12,14H2,2H3. The van der Waals surface area contributed by atoms with Crippen LogP contribution in [0.4, 0.5) is 0 Å². The molecule has 0 saturated heterocycles. The Balaban J connectivity index is 1.45. The Bertz CT molecular complexity index is 1240. The monoisotopic (exact) mass is 502 g/mol. The van der Waals surface area contributed by atoms with Gasteiger partial charge in [0.1, 0.15) is 17.4 Å². The van der Waals surface area contributed by atoms with E-state index in [0.29, 0.717) is 33.9 Å². The molecule has 0 spiro atoms. The van der Waals surface area contributed by atoms with Gasteiger partial charge in [0.2, 0.25) is 0 Å². The van der Waals surface area contributed by atoms with Crippen LogP contribution in [0.15, 0.2) is 65.7 Å². The topological polar surface area (TPSA) is 52.8 Å². The first kappa shape index (κ1) is 22.9. The lowest BCUT2D eigenvalue weighted by Gasteiger charge is -2.10. The third-order valence-corrected chi connectivity index (χ3v) is 7.12. The number of rotatable bonds is 9. The zero-order chi connectivity index (χ0) is 22.5. The number of ether oxygens (including phenoxy) is 1. The van der Waals surface area contributed by atoms with Gasteiger partial charge in [-0.05, 0) is 30.7 Å². The van der Waals surface area contributed by atoms with Gasteiger partial charge in [-0.15, -0.1) is 28.1 Å². The predicted octanol–water partition coefficient (Wildman–Crippen LogP) is 7.07. The van der Waals surface area contributed by atoms with E-state index in [1.165, 1.54) is 0 Å². The molecular weight excluding hydrogens is 483 g/mol. The number of nitrogens with zero attached hydrogens (tertiary/aromatic N) is 4. The SMILES string of the molecule is C=CCn1c(COc2cc(C)ccc2Cl)nnc1SCc1csc(-c2ccccc2Cl)n1. The maximum atomic E-state index is 6.30. The molecule has 0 aliphatic rings. The second-order valence-electron chi connectivity index (χ2n) is 6.93. The molecule has 0 bridgehead atoms. The molecule has 0 amide bonds. The van der Waals surface area contributed by atoms with Crippen molar-refractivity contribution in [2.45, 2.75) is 31.0 Å². The Morgan fingerprint density at radius 1 is 1.16 bits per heavy atom. The van der Waals surface area contributed by atoms with Crippen molar-refractivity contribution in [2.24, 2.45) is 0 Å². The third kappa shape index (κ3) is 5.35. The highest BCUT2D eigenvalue weighted by molar-refractivity contribution is 7.98. The lowest BCUT2D eigenvalue weighted by Crippen LogP contribution is -2.07. The van der Waals surface area contributed by atoms with E-state index in [1.54, 1.807) is 23.1 Å². The molecule has 32 heavy (non-hydrogen) atoms. The molecule has 164 valence electrons. The van der Waals surface area contributed by atoms with Gasteiger partial charge in [-0.25, -0.2) is 4.98 Å². The van der Waals surface area contributed by atoms with Crippen molar-refractivity contribution in [1.82, 2.24) is 19.7 Å². The zero-order valence-electron chi connectivity index (χ0n) is 17.3. The molecule has 2 heterocycles. The number of aromatic nitrogens is 4. The van der Waals surface area contributed by atoms with Gasteiger partial charge < -0.3 is 4.74 Å². The first-order valence-corrected chi connectivity index (χ1v) is 12.4. The average Bonchev–Trinajstić information content (AvgIpc) is 3.41. The summed E-state index contributed by atoms with van der Waals surface area (Å²) in [7, 11) is 0. The Kier molecular flexibility index (Phi) is 7.52. The van der Waals surface area contributed by atoms with Crippen molar-refractivity contribution in [1.29, 1.82) is 0 Å². The smallest absolute Gasteiger partial charge is 0.191 e. The normalized spacial score (nSPS) is 11.0. The summed E-state index contributed by atoms with van der Waals surface area (Å²) in [6, 6.07) is 13.4. The molecule has 0 fully saturated rings. The highest BCUT2D eigenvalue weighted by Gasteiger charge is 2.15. The minimum atomic E-state index is 0.262. The number of thioether (sulfide) groups is 1. The van der Waals surface area contributed by atoms with Crippen LogP contribution in [0.1, 0.15) is 17.1 Å². The van der Waals surface area contributed by atoms with E-state index in [9.17, 15) is 0 Å². The number of aryl methyl sites for hydroxylation is 1. The summed E-state index contributed by atoms with van der Waals surface area (Å²) in [4.78, 5) is 4.73. The van der Waals surface area contributed by atoms with Gasteiger partial charge in [0.15, 0.2) is 11.0 Å². The minimum absolute atomic E-state index is 0.262. The maximum absolute atomic E-state index is 6.30. The Hall–Kier alpha value is -2.32. The van der Waals surface area contributed by atoms with Crippen LogP contribution in [0.2, 0.25) is 10.0 Å². The maximum Gasteiger partial charge on any atom is 0.191 e. The molecule has 0 saturated carbocycles. The van der Waals surface area contributed by atoms with Gasteiger partial charge in [0, 0.05) is 23.2 Å². The largest absolute Gasteiger partial charge is 0.484 e. The van der Waals surface area contributed by atoms with Crippen molar-refractivity contribution in [3.05, 3.63) is 87.6 Å². The van der Waals surface area contributed by atoms with Gasteiger partial charge >= 0.3 is 0 Å². The van der Waals surface area contributed by atoms with Crippen molar-refractivity contribution >= 4 is 46.3 Å². The summed E-state index contributed by atoms with van der Waals surface area (Å²) in [6.45, 7) is 6.69. The number of halogens is 2. The summed E-state index contributed by atoms with van der Waals surface area (Å²) in [5.74, 6) is 2.00. The van der Waals surface area contributed by atoms with E-state index in [-0.39, 0.29) is 6.61 Å². The van der Waals surface area contributed by atoms with Crippen LogP contribution in [-0.4, -0.2) is 19.7 Å². The van der Waals surface area contributed by atoms with E-state index in [4.69, 9.17) is 32.9 Å². The number of benzene rings is 2. The summed E-state index contributed by atoms with van der Waals surface area (Å²) >= 11 is 15.7. The van der Waals surface area contributed by atoms with Gasteiger partial charge in [0.05, 0.1) is 15.7 Å². The van der Waals surface area contributed by atoms with Crippen molar-refractivity contribution in [3.8, 4) is 16.3 Å². The first-order valence-electron chi connectivity index (χ1n) is 9.79. The van der Waals surface area contributed by atoms with Crippen LogP contribution >= 0.6 is 46.3 Å². The second-order valence-corrected chi connectivity index (χ2v) is 9.55. The third-order valence-electron chi connectivity index (χ3n) is 4.55. The highest BCUT2D eigenvalue weighted by Crippen LogP contribution is 2.32. The van der Waals surface area contributed by atoms with Crippen LogP contribution in [0, 0.1) is 6.92 Å². The van der Waals surface area contributed by atoms with E-state index >= 15 is 0 Å². The predicted molar refractivity (Wildman–Crippen MR) is 133 cm³/mol. The zero-order valence-corrected chi connectivity index (χ0v) is 20.4. The summed E-state index contributed by atoms with van der Waals surface area (Å²) in [5, 5.41) is 13.7. The molecule has 0 aliphatic carbocycles. The van der Waals surface area contributed by atoms with Crippen LogP contribution in [0.5, 0.6) is 5.75 Å². The molecule has 0 unspecified atom stereocenters. The van der Waals surface area contributed by atoms with E-state index in [0.717, 1.165) is 27.0 Å². The lowest BCUT2D eigenvalue weighted by atomic mass is 10.2. The second kappa shape index (κ2) is 10.5. The van der Waals surface area contributed by atoms with Crippen molar-refractivity contribution < 1.29 is 4.74 Å². The summed E-state index contributed by atoms with van der Waals surface area (Å²) < 4.78 is 7.90. The molecule has 0 atom stereocenters. The van der Waals surface area contributed by atoms with Crippen molar-refractivity contribution in [2.75, 3.05) is 0 Å². The Labute approximate surface area is 205 Å². The fourth-order valence-corrected chi connectivity index (χ4v) is 5.26. The molecule has 9 heteroatoms. The average molecular weight is 503 g/mol. The van der Waals surface area contributed by atoms with Crippen molar-refractivity contribution in [3.63, 3.8) is 0 Å². The van der Waals surface area contributed by atoms with Crippen LogP contribution < -0.4 is 4.74 Å². The van der Waals surface area contributed by atoms with Crippen LogP contribution in [-0.2, 0) is 18.9 Å². The van der Waals surface area contributed by atoms with E-state index < -0.39 is 0 Å². The molecule has 0 N–H and O–H groups in total. The molecule has 2 aromatic carbocycles. The quantitative estimate of drug-likeness (QED) is 0.181. The van der Waals surface area contributed by atoms with Gasteiger partial charge in [0.25, 0.3) is 0 Å². The molecule has 0 radical (unpaired) electrons. The highest BCUT2D eigenvalue weighted by atomic mass is 35.5. The molecule has 0 aliphatic heterocycles. The minimum Gasteiger partial charge on any atom is -0.484 e. The van der Waals surface area contributed by atoms with Gasteiger partial charge in [-0.2, -0.15) is 0 Å². The molecule has 2 aromatic heterocycles. The fraction of sp³-hybridized carbons (Fsp3) is 0.174. The number of hydrogen-bond donors (Lipinski definition) is 0. The Morgan fingerprint density at radius 3 is 2.81 bits per heavy atom. The molecule has 4 rings (SSSR count). The number of hydrogen-bond acceptors (Lipinski definition) is 6. The summed E-state index contributed by atoms with van der Waals surface area (Å²) in [6.07, 6.45) is 1.81. The van der Waals surface area contributed by atoms with Gasteiger partial charge in [-0.1, -0.05) is 65.3 Å². The molecular formula is C23H20Cl2N4OS2.